The van der Waals surface area contributed by atoms with Crippen molar-refractivity contribution in [3.8, 4) is 11.1 Å². The molecule has 7 nitrogen and oxygen atoms in total. The number of benzene rings is 1. The minimum absolute atomic E-state index is 0.0208. The molecule has 2 aromatic rings. The van der Waals surface area contributed by atoms with E-state index in [-0.39, 0.29) is 5.91 Å². The Balaban J connectivity index is 1.30. The summed E-state index contributed by atoms with van der Waals surface area (Å²) in [5.41, 5.74) is 3.19. The molecule has 35 heavy (non-hydrogen) atoms. The topological polar surface area (TPSA) is 87.3 Å². The summed E-state index contributed by atoms with van der Waals surface area (Å²) in [6, 6.07) is 11.4. The van der Waals surface area contributed by atoms with Crippen molar-refractivity contribution in [1.29, 1.82) is 0 Å². The molecule has 0 bridgehead atoms. The van der Waals surface area contributed by atoms with Gasteiger partial charge in [0.25, 0.3) is 0 Å². The molecular formula is C27H38ClN5O2. The van der Waals surface area contributed by atoms with Crippen molar-refractivity contribution in [2.24, 2.45) is 5.92 Å². The Morgan fingerprint density at radius 1 is 1.06 bits per heavy atom. The van der Waals surface area contributed by atoms with Crippen molar-refractivity contribution in [2.45, 2.75) is 57.5 Å². The first-order valence-electron chi connectivity index (χ1n) is 12.9. The quantitative estimate of drug-likeness (QED) is 0.355. The molecule has 1 aliphatic heterocycles. The molecule has 4 N–H and O–H groups in total. The third kappa shape index (κ3) is 8.09. The number of carbonyl (C=O) groups excluding carboxylic acids is 1. The number of hydrogen-bond acceptors (Lipinski definition) is 6. The molecule has 1 saturated heterocycles. The molecule has 2 aliphatic rings. The van der Waals surface area contributed by atoms with Crippen LogP contribution in [0.3, 0.4) is 0 Å². The summed E-state index contributed by atoms with van der Waals surface area (Å²) < 4.78 is 5.47. The van der Waals surface area contributed by atoms with Crippen LogP contribution in [-0.4, -0.2) is 55.8 Å². The second kappa shape index (κ2) is 13.1. The molecule has 1 aliphatic carbocycles. The van der Waals surface area contributed by atoms with Crippen LogP contribution in [0.25, 0.3) is 11.1 Å². The number of rotatable bonds is 10. The minimum Gasteiger partial charge on any atom is -0.385 e. The van der Waals surface area contributed by atoms with E-state index in [1.54, 1.807) is 13.1 Å². The fourth-order valence-electron chi connectivity index (χ4n) is 4.91. The average molecular weight is 500 g/mol. The van der Waals surface area contributed by atoms with Gasteiger partial charge in [0.05, 0.1) is 5.02 Å². The van der Waals surface area contributed by atoms with Crippen LogP contribution in [0.2, 0.25) is 5.02 Å². The van der Waals surface area contributed by atoms with Crippen molar-refractivity contribution >= 4 is 29.0 Å². The second-order valence-electron chi connectivity index (χ2n) is 9.70. The first kappa shape index (κ1) is 25.7. The van der Waals surface area contributed by atoms with Gasteiger partial charge in [-0.3, -0.25) is 4.79 Å². The summed E-state index contributed by atoms with van der Waals surface area (Å²) in [6.07, 6.45) is 8.38. The van der Waals surface area contributed by atoms with E-state index in [9.17, 15) is 4.79 Å². The highest BCUT2D eigenvalue weighted by molar-refractivity contribution is 6.33. The van der Waals surface area contributed by atoms with Crippen LogP contribution >= 0.6 is 11.6 Å². The molecule has 1 aromatic heterocycles. The lowest BCUT2D eigenvalue weighted by Gasteiger charge is -2.30. The number of ether oxygens (including phenoxy) is 1. The zero-order valence-electron chi connectivity index (χ0n) is 20.6. The lowest BCUT2D eigenvalue weighted by molar-refractivity contribution is -0.118. The van der Waals surface area contributed by atoms with E-state index in [1.807, 2.05) is 0 Å². The van der Waals surface area contributed by atoms with E-state index in [2.05, 4.69) is 56.6 Å². The molecule has 1 aromatic carbocycles. The molecule has 2 fully saturated rings. The zero-order valence-corrected chi connectivity index (χ0v) is 21.4. The van der Waals surface area contributed by atoms with E-state index in [1.165, 1.54) is 0 Å². The van der Waals surface area contributed by atoms with Gasteiger partial charge in [0.1, 0.15) is 5.82 Å². The number of halogens is 1. The average Bonchev–Trinajstić information content (AvgIpc) is 2.88. The maximum absolute atomic E-state index is 11.0. The minimum atomic E-state index is 0.0208. The number of aromatic nitrogens is 1. The SMILES string of the molecule is CC(=O)NCCNC1CCC(Nc2cc(-c3cccc(NCC4CCOCC4)c3)c(Cl)cn2)CC1. The fraction of sp³-hybridized carbons (Fsp3) is 0.556. The Morgan fingerprint density at radius 3 is 2.60 bits per heavy atom. The van der Waals surface area contributed by atoms with Gasteiger partial charge >= 0.3 is 0 Å². The van der Waals surface area contributed by atoms with Crippen LogP contribution < -0.4 is 21.3 Å². The molecule has 2 heterocycles. The van der Waals surface area contributed by atoms with Gasteiger partial charge in [-0.15, -0.1) is 0 Å². The second-order valence-corrected chi connectivity index (χ2v) is 10.1. The maximum Gasteiger partial charge on any atom is 0.216 e. The number of amides is 1. The van der Waals surface area contributed by atoms with Gasteiger partial charge in [0.2, 0.25) is 5.91 Å². The van der Waals surface area contributed by atoms with Crippen molar-refractivity contribution in [3.05, 3.63) is 41.6 Å². The lowest BCUT2D eigenvalue weighted by Crippen LogP contribution is -2.40. The predicted molar refractivity (Wildman–Crippen MR) is 143 cm³/mol. The molecule has 4 rings (SSSR count). The normalized spacial score (nSPS) is 20.9. The van der Waals surface area contributed by atoms with E-state index in [0.29, 0.717) is 29.6 Å². The number of anilines is 2. The number of hydrogen-bond donors (Lipinski definition) is 4. The van der Waals surface area contributed by atoms with Crippen molar-refractivity contribution in [3.63, 3.8) is 0 Å². The lowest BCUT2D eigenvalue weighted by atomic mass is 9.91. The summed E-state index contributed by atoms with van der Waals surface area (Å²) >= 11 is 6.56. The number of nitrogens with zero attached hydrogens (tertiary/aromatic N) is 1. The molecule has 1 amide bonds. The van der Waals surface area contributed by atoms with Gasteiger partial charge in [-0.2, -0.15) is 0 Å². The van der Waals surface area contributed by atoms with Gasteiger partial charge in [0.15, 0.2) is 0 Å². The summed E-state index contributed by atoms with van der Waals surface area (Å²) in [4.78, 5) is 15.5. The molecule has 0 spiro atoms. The van der Waals surface area contributed by atoms with E-state index in [4.69, 9.17) is 16.3 Å². The van der Waals surface area contributed by atoms with E-state index in [0.717, 1.165) is 87.5 Å². The number of carbonyl (C=O) groups is 1. The highest BCUT2D eigenvalue weighted by Gasteiger charge is 2.21. The summed E-state index contributed by atoms with van der Waals surface area (Å²) in [5.74, 6) is 1.55. The van der Waals surface area contributed by atoms with Gasteiger partial charge in [-0.1, -0.05) is 23.7 Å². The van der Waals surface area contributed by atoms with Gasteiger partial charge < -0.3 is 26.0 Å². The van der Waals surface area contributed by atoms with Gasteiger partial charge in [-0.25, -0.2) is 4.98 Å². The predicted octanol–water partition coefficient (Wildman–Crippen LogP) is 4.69. The molecule has 1 saturated carbocycles. The fourth-order valence-corrected chi connectivity index (χ4v) is 5.13. The van der Waals surface area contributed by atoms with Crippen molar-refractivity contribution in [1.82, 2.24) is 15.6 Å². The van der Waals surface area contributed by atoms with E-state index < -0.39 is 0 Å². The molecule has 8 heteroatoms. The highest BCUT2D eigenvalue weighted by Crippen LogP contribution is 2.32. The standard InChI is InChI=1S/C27H38ClN5O2/c1-19(34)29-11-12-30-22-5-7-23(8-6-22)33-27-16-25(26(28)18-32-27)21-3-2-4-24(15-21)31-17-20-9-13-35-14-10-20/h2-4,15-16,18,20,22-23,30-31H,5-14,17H2,1H3,(H,29,34)(H,32,33). The van der Waals surface area contributed by atoms with Crippen LogP contribution in [0.15, 0.2) is 36.5 Å². The van der Waals surface area contributed by atoms with Crippen LogP contribution in [0.4, 0.5) is 11.5 Å². The third-order valence-electron chi connectivity index (χ3n) is 6.98. The Bertz CT molecular complexity index is 958. The van der Waals surface area contributed by atoms with Crippen LogP contribution in [0.1, 0.15) is 45.4 Å². The molecule has 0 atom stereocenters. The monoisotopic (exact) mass is 499 g/mol. The van der Waals surface area contributed by atoms with Crippen LogP contribution in [-0.2, 0) is 9.53 Å². The molecule has 190 valence electrons. The first-order valence-corrected chi connectivity index (χ1v) is 13.3. The van der Waals surface area contributed by atoms with Gasteiger partial charge in [-0.05, 0) is 68.2 Å². The Kier molecular flexibility index (Phi) is 9.63. The Hall–Kier alpha value is -2.35. The van der Waals surface area contributed by atoms with E-state index >= 15 is 0 Å². The molecule has 0 radical (unpaired) electrons. The number of pyridine rings is 1. The largest absolute Gasteiger partial charge is 0.385 e. The van der Waals surface area contributed by atoms with Crippen molar-refractivity contribution in [2.75, 3.05) is 43.5 Å². The molecular weight excluding hydrogens is 462 g/mol. The number of nitrogens with one attached hydrogen (secondary N) is 4. The smallest absolute Gasteiger partial charge is 0.216 e. The molecule has 0 unspecified atom stereocenters. The summed E-state index contributed by atoms with van der Waals surface area (Å²) in [6.45, 7) is 5.74. The highest BCUT2D eigenvalue weighted by atomic mass is 35.5. The zero-order chi connectivity index (χ0) is 24.5. The van der Waals surface area contributed by atoms with Crippen LogP contribution in [0.5, 0.6) is 0 Å². The third-order valence-corrected chi connectivity index (χ3v) is 7.28. The first-order chi connectivity index (χ1) is 17.1. The van der Waals surface area contributed by atoms with Crippen LogP contribution in [0, 0.1) is 5.92 Å². The van der Waals surface area contributed by atoms with Crippen molar-refractivity contribution < 1.29 is 9.53 Å². The Labute approximate surface area is 213 Å². The summed E-state index contributed by atoms with van der Waals surface area (Å²) in [7, 11) is 0. The summed E-state index contributed by atoms with van der Waals surface area (Å²) in [5, 5.41) is 14.3. The maximum atomic E-state index is 11.0. The van der Waals surface area contributed by atoms with Gasteiger partial charge in [0, 0.05) is 69.3 Å². The Morgan fingerprint density at radius 2 is 1.83 bits per heavy atom.